The van der Waals surface area contributed by atoms with Gasteiger partial charge in [0.1, 0.15) is 6.67 Å². The summed E-state index contributed by atoms with van der Waals surface area (Å²) in [4.78, 5) is 1.99. The van der Waals surface area contributed by atoms with Gasteiger partial charge in [0.2, 0.25) is 0 Å². The highest BCUT2D eigenvalue weighted by Gasteiger charge is 1.91. The van der Waals surface area contributed by atoms with E-state index in [1.165, 1.54) is 0 Å². The van der Waals surface area contributed by atoms with Gasteiger partial charge in [-0.15, -0.1) is 0 Å². The molecule has 50 valence electrons. The summed E-state index contributed by atoms with van der Waals surface area (Å²) in [5, 5.41) is 0. The topological polar surface area (TPSA) is 3.24 Å². The van der Waals surface area contributed by atoms with E-state index < -0.39 is 0 Å². The van der Waals surface area contributed by atoms with Crippen molar-refractivity contribution in [3.8, 4) is 0 Å². The molecule has 0 spiro atoms. The van der Waals surface area contributed by atoms with Crippen LogP contribution in [0.3, 0.4) is 0 Å². The Balaban J connectivity index is 2.92. The summed E-state index contributed by atoms with van der Waals surface area (Å²) in [6.45, 7) is 3.45. The van der Waals surface area contributed by atoms with Crippen LogP contribution in [0.1, 0.15) is 13.3 Å². The Labute approximate surface area is 50.5 Å². The molecule has 0 N–H and O–H groups in total. The maximum Gasteiger partial charge on any atom is 0.102 e. The average molecular weight is 119 g/mol. The van der Waals surface area contributed by atoms with Crippen LogP contribution in [0.15, 0.2) is 0 Å². The lowest BCUT2D eigenvalue weighted by Gasteiger charge is -2.11. The van der Waals surface area contributed by atoms with E-state index in [1.807, 2.05) is 11.9 Å². The lowest BCUT2D eigenvalue weighted by atomic mass is 10.4. The molecule has 0 aromatic heterocycles. The maximum atomic E-state index is 11.5. The fraction of sp³-hybridized carbons (Fsp3) is 1.00. The zero-order valence-corrected chi connectivity index (χ0v) is 5.65. The zero-order chi connectivity index (χ0) is 6.41. The molecule has 1 nitrogen and oxygen atoms in total. The highest BCUT2D eigenvalue weighted by atomic mass is 19.1. The molecular formula is C6H14FN. The fourth-order valence-electron chi connectivity index (χ4n) is 0.638. The van der Waals surface area contributed by atoms with E-state index in [4.69, 9.17) is 0 Å². The van der Waals surface area contributed by atoms with Gasteiger partial charge in [0, 0.05) is 6.54 Å². The van der Waals surface area contributed by atoms with E-state index in [9.17, 15) is 4.39 Å². The third kappa shape index (κ3) is 4.06. The molecule has 0 radical (unpaired) electrons. The Hall–Kier alpha value is -0.110. The van der Waals surface area contributed by atoms with Crippen LogP contribution in [-0.4, -0.2) is 31.7 Å². The predicted molar refractivity (Wildman–Crippen MR) is 33.8 cm³/mol. The van der Waals surface area contributed by atoms with Crippen LogP contribution in [0, 0.1) is 0 Å². The number of halogens is 1. The molecule has 0 heterocycles. The quantitative estimate of drug-likeness (QED) is 0.539. The normalized spacial score (nSPS) is 10.5. The highest BCUT2D eigenvalue weighted by Crippen LogP contribution is 1.84. The second-order valence-electron chi connectivity index (χ2n) is 1.99. The van der Waals surface area contributed by atoms with Crippen LogP contribution in [-0.2, 0) is 0 Å². The third-order valence-corrected chi connectivity index (χ3v) is 1.07. The Morgan fingerprint density at radius 3 is 2.38 bits per heavy atom. The van der Waals surface area contributed by atoms with Crippen molar-refractivity contribution >= 4 is 0 Å². The lowest BCUT2D eigenvalue weighted by Crippen LogP contribution is -2.21. The molecule has 0 aliphatic carbocycles. The smallest absolute Gasteiger partial charge is 0.102 e. The van der Waals surface area contributed by atoms with Crippen LogP contribution in [0.2, 0.25) is 0 Å². The van der Waals surface area contributed by atoms with Gasteiger partial charge < -0.3 is 4.90 Å². The molecule has 0 rings (SSSR count). The summed E-state index contributed by atoms with van der Waals surface area (Å²) in [6.07, 6.45) is 1.11. The van der Waals surface area contributed by atoms with Crippen molar-refractivity contribution in [3.63, 3.8) is 0 Å². The van der Waals surface area contributed by atoms with Crippen molar-refractivity contribution in [1.82, 2.24) is 4.90 Å². The van der Waals surface area contributed by atoms with Gasteiger partial charge in [0.15, 0.2) is 0 Å². The van der Waals surface area contributed by atoms with Gasteiger partial charge in [0.05, 0.1) is 0 Å². The van der Waals surface area contributed by atoms with Gasteiger partial charge in [-0.3, -0.25) is 0 Å². The first-order chi connectivity index (χ1) is 3.81. The summed E-state index contributed by atoms with van der Waals surface area (Å²) in [7, 11) is 1.93. The monoisotopic (exact) mass is 119 g/mol. The summed E-state index contributed by atoms with van der Waals surface area (Å²) in [6, 6.07) is 0. The van der Waals surface area contributed by atoms with E-state index in [0.29, 0.717) is 6.54 Å². The van der Waals surface area contributed by atoms with Gasteiger partial charge in [-0.1, -0.05) is 6.92 Å². The van der Waals surface area contributed by atoms with Crippen molar-refractivity contribution < 1.29 is 4.39 Å². The second-order valence-corrected chi connectivity index (χ2v) is 1.99. The van der Waals surface area contributed by atoms with Crippen LogP contribution < -0.4 is 0 Å². The maximum absolute atomic E-state index is 11.5. The molecule has 0 atom stereocenters. The Morgan fingerprint density at radius 1 is 1.38 bits per heavy atom. The minimum atomic E-state index is -0.226. The molecule has 2 heteroatoms. The number of rotatable bonds is 4. The van der Waals surface area contributed by atoms with Crippen LogP contribution in [0.5, 0.6) is 0 Å². The first-order valence-electron chi connectivity index (χ1n) is 3.05. The summed E-state index contributed by atoms with van der Waals surface area (Å²) >= 11 is 0. The first kappa shape index (κ1) is 7.89. The Kier molecular flexibility index (Phi) is 4.97. The van der Waals surface area contributed by atoms with E-state index in [0.717, 1.165) is 13.0 Å². The van der Waals surface area contributed by atoms with E-state index in [2.05, 4.69) is 6.92 Å². The van der Waals surface area contributed by atoms with Gasteiger partial charge in [-0.25, -0.2) is 4.39 Å². The molecule has 0 amide bonds. The van der Waals surface area contributed by atoms with Crippen LogP contribution in [0.4, 0.5) is 4.39 Å². The number of nitrogens with zero attached hydrogens (tertiary/aromatic N) is 1. The second kappa shape index (κ2) is 5.04. The van der Waals surface area contributed by atoms with Gasteiger partial charge in [-0.05, 0) is 20.0 Å². The van der Waals surface area contributed by atoms with Gasteiger partial charge >= 0.3 is 0 Å². The number of hydrogen-bond acceptors (Lipinski definition) is 1. The van der Waals surface area contributed by atoms with Crippen molar-refractivity contribution in [2.45, 2.75) is 13.3 Å². The predicted octanol–water partition coefficient (Wildman–Crippen LogP) is 1.30. The molecule has 0 bridgehead atoms. The largest absolute Gasteiger partial charge is 0.304 e. The van der Waals surface area contributed by atoms with Gasteiger partial charge in [-0.2, -0.15) is 0 Å². The third-order valence-electron chi connectivity index (χ3n) is 1.07. The van der Waals surface area contributed by atoms with E-state index in [1.54, 1.807) is 0 Å². The summed E-state index contributed by atoms with van der Waals surface area (Å²) in [5.41, 5.74) is 0. The molecule has 0 aromatic rings. The SMILES string of the molecule is CCCN(C)CCF. The molecule has 0 fully saturated rings. The summed E-state index contributed by atoms with van der Waals surface area (Å²) < 4.78 is 11.5. The highest BCUT2D eigenvalue weighted by molar-refractivity contribution is 4.45. The van der Waals surface area contributed by atoms with Crippen molar-refractivity contribution in [3.05, 3.63) is 0 Å². The molecule has 0 aliphatic heterocycles. The average Bonchev–Trinajstić information content (AvgIpc) is 1.68. The lowest BCUT2D eigenvalue weighted by molar-refractivity contribution is 0.296. The molecule has 0 saturated heterocycles. The first-order valence-corrected chi connectivity index (χ1v) is 3.05. The molecule has 0 aliphatic rings. The van der Waals surface area contributed by atoms with Crippen molar-refractivity contribution in [2.75, 3.05) is 26.8 Å². The van der Waals surface area contributed by atoms with Crippen molar-refractivity contribution in [2.24, 2.45) is 0 Å². The van der Waals surface area contributed by atoms with E-state index >= 15 is 0 Å². The number of alkyl halides is 1. The minimum Gasteiger partial charge on any atom is -0.304 e. The Bertz CT molecular complexity index is 41.8. The standard InChI is InChI=1S/C6H14FN/c1-3-5-8(2)6-4-7/h3-6H2,1-2H3. The molecule has 0 aromatic carbocycles. The zero-order valence-electron chi connectivity index (χ0n) is 5.65. The fourth-order valence-corrected chi connectivity index (χ4v) is 0.638. The van der Waals surface area contributed by atoms with Crippen LogP contribution >= 0.6 is 0 Å². The van der Waals surface area contributed by atoms with E-state index in [-0.39, 0.29) is 6.67 Å². The molecular weight excluding hydrogens is 105 g/mol. The molecule has 0 saturated carbocycles. The summed E-state index contributed by atoms with van der Waals surface area (Å²) in [5.74, 6) is 0. The van der Waals surface area contributed by atoms with Crippen molar-refractivity contribution in [1.29, 1.82) is 0 Å². The Morgan fingerprint density at radius 2 is 2.00 bits per heavy atom. The molecule has 0 unspecified atom stereocenters. The van der Waals surface area contributed by atoms with Crippen LogP contribution in [0.25, 0.3) is 0 Å². The number of hydrogen-bond donors (Lipinski definition) is 0. The van der Waals surface area contributed by atoms with Gasteiger partial charge in [0.25, 0.3) is 0 Å². The minimum absolute atomic E-state index is 0.226. The molecule has 8 heavy (non-hydrogen) atoms.